The Morgan fingerprint density at radius 1 is 1.38 bits per heavy atom. The Hall–Kier alpha value is -2.09. The summed E-state index contributed by atoms with van der Waals surface area (Å²) in [4.78, 5) is 25.2. The molecule has 1 atom stereocenters. The van der Waals surface area contributed by atoms with E-state index in [-0.39, 0.29) is 18.2 Å². The van der Waals surface area contributed by atoms with Gasteiger partial charge >= 0.3 is 5.97 Å². The van der Waals surface area contributed by atoms with Crippen LogP contribution in [0.4, 0.5) is 5.69 Å². The Balaban J connectivity index is 2.13. The maximum absolute atomic E-state index is 12.6. The third kappa shape index (κ3) is 4.70. The zero-order valence-electron chi connectivity index (χ0n) is 13.6. The molecule has 0 bridgehead atoms. The lowest BCUT2D eigenvalue weighted by Gasteiger charge is -2.30. The van der Waals surface area contributed by atoms with Crippen LogP contribution in [0.5, 0.6) is 0 Å². The second kappa shape index (κ2) is 7.65. The van der Waals surface area contributed by atoms with E-state index in [4.69, 9.17) is 5.11 Å². The molecule has 24 heavy (non-hydrogen) atoms. The highest BCUT2D eigenvalue weighted by Gasteiger charge is 2.28. The van der Waals surface area contributed by atoms with E-state index in [0.717, 1.165) is 0 Å². The lowest BCUT2D eigenvalue weighted by atomic mass is 9.97. The molecule has 8 heteroatoms. The van der Waals surface area contributed by atoms with E-state index in [2.05, 4.69) is 4.72 Å². The molecule has 0 radical (unpaired) electrons. The quantitative estimate of drug-likeness (QED) is 0.810. The molecule has 1 fully saturated rings. The van der Waals surface area contributed by atoms with Crippen LogP contribution in [0.3, 0.4) is 0 Å². The molecule has 1 aliphatic rings. The minimum atomic E-state index is -3.42. The first-order chi connectivity index (χ1) is 11.3. The van der Waals surface area contributed by atoms with Crippen molar-refractivity contribution >= 4 is 27.6 Å². The van der Waals surface area contributed by atoms with Crippen molar-refractivity contribution in [2.45, 2.75) is 26.2 Å². The van der Waals surface area contributed by atoms with Crippen molar-refractivity contribution in [3.8, 4) is 0 Å². The standard InChI is InChI=1S/C16H22N2O5S/c1-2-9-24(22,23)17-14-7-3-5-12(10-14)15(19)18-8-4-6-13(11-18)16(20)21/h3,5,7,10,13,17H,2,4,6,8-9,11H2,1H3,(H,20,21). The molecule has 1 aliphatic heterocycles. The maximum atomic E-state index is 12.6. The van der Waals surface area contributed by atoms with E-state index in [1.54, 1.807) is 25.1 Å². The van der Waals surface area contributed by atoms with Crippen LogP contribution >= 0.6 is 0 Å². The predicted molar refractivity (Wildman–Crippen MR) is 90.4 cm³/mol. The molecule has 132 valence electrons. The van der Waals surface area contributed by atoms with Gasteiger partial charge in [-0.3, -0.25) is 14.3 Å². The zero-order chi connectivity index (χ0) is 17.7. The first kappa shape index (κ1) is 18.3. The van der Waals surface area contributed by atoms with E-state index < -0.39 is 21.9 Å². The first-order valence-corrected chi connectivity index (χ1v) is 9.60. The van der Waals surface area contributed by atoms with Crippen molar-refractivity contribution in [3.63, 3.8) is 0 Å². The molecule has 0 aliphatic carbocycles. The number of carboxylic acid groups (broad SMARTS) is 1. The summed E-state index contributed by atoms with van der Waals surface area (Å²) >= 11 is 0. The second-order valence-corrected chi connectivity index (χ2v) is 7.77. The topological polar surface area (TPSA) is 104 Å². The molecular weight excluding hydrogens is 332 g/mol. The molecule has 1 unspecified atom stereocenters. The van der Waals surface area contributed by atoms with Gasteiger partial charge < -0.3 is 10.0 Å². The third-order valence-corrected chi connectivity index (χ3v) is 5.41. The fraction of sp³-hybridized carbons (Fsp3) is 0.500. The summed E-state index contributed by atoms with van der Waals surface area (Å²) in [5, 5.41) is 9.12. The second-order valence-electron chi connectivity index (χ2n) is 5.93. The van der Waals surface area contributed by atoms with E-state index in [1.165, 1.54) is 11.0 Å². The molecule has 0 spiro atoms. The van der Waals surface area contributed by atoms with Gasteiger partial charge in [-0.25, -0.2) is 8.42 Å². The number of carbonyl (C=O) groups excluding carboxylic acids is 1. The highest BCUT2D eigenvalue weighted by Crippen LogP contribution is 2.20. The normalized spacial score (nSPS) is 18.2. The summed E-state index contributed by atoms with van der Waals surface area (Å²) in [6, 6.07) is 6.28. The van der Waals surface area contributed by atoms with Gasteiger partial charge in [0.25, 0.3) is 5.91 Å². The maximum Gasteiger partial charge on any atom is 0.308 e. The Kier molecular flexibility index (Phi) is 5.82. The average molecular weight is 354 g/mol. The van der Waals surface area contributed by atoms with Gasteiger partial charge in [0, 0.05) is 24.3 Å². The van der Waals surface area contributed by atoms with Crippen LogP contribution in [0.25, 0.3) is 0 Å². The van der Waals surface area contributed by atoms with Crippen molar-refractivity contribution in [1.29, 1.82) is 0 Å². The Labute approximate surface area is 141 Å². The number of piperidine rings is 1. The zero-order valence-corrected chi connectivity index (χ0v) is 14.4. The number of likely N-dealkylation sites (tertiary alicyclic amines) is 1. The predicted octanol–water partition coefficient (Wildman–Crippen LogP) is 1.78. The average Bonchev–Trinajstić information content (AvgIpc) is 2.54. The Morgan fingerprint density at radius 2 is 2.12 bits per heavy atom. The molecule has 1 aromatic carbocycles. The van der Waals surface area contributed by atoms with E-state index >= 15 is 0 Å². The van der Waals surface area contributed by atoms with E-state index in [9.17, 15) is 18.0 Å². The highest BCUT2D eigenvalue weighted by atomic mass is 32.2. The van der Waals surface area contributed by atoms with Crippen molar-refractivity contribution in [2.24, 2.45) is 5.92 Å². The van der Waals surface area contributed by atoms with Gasteiger partial charge in [0.05, 0.1) is 11.7 Å². The van der Waals surface area contributed by atoms with E-state index in [1.807, 2.05) is 0 Å². The number of hydrogen-bond acceptors (Lipinski definition) is 4. The van der Waals surface area contributed by atoms with Crippen LogP contribution in [0.2, 0.25) is 0 Å². The van der Waals surface area contributed by atoms with Crippen LogP contribution < -0.4 is 4.72 Å². The number of sulfonamides is 1. The molecule has 1 saturated heterocycles. The molecular formula is C16H22N2O5S. The highest BCUT2D eigenvalue weighted by molar-refractivity contribution is 7.92. The number of hydrogen-bond donors (Lipinski definition) is 2. The number of amides is 1. The molecule has 0 saturated carbocycles. The fourth-order valence-corrected chi connectivity index (χ4v) is 3.89. The lowest BCUT2D eigenvalue weighted by Crippen LogP contribution is -2.42. The monoisotopic (exact) mass is 354 g/mol. The van der Waals surface area contributed by atoms with Gasteiger partial charge in [0.2, 0.25) is 10.0 Å². The number of aliphatic carboxylic acids is 1. The molecule has 2 rings (SSSR count). The summed E-state index contributed by atoms with van der Waals surface area (Å²) in [6.07, 6.45) is 1.71. The van der Waals surface area contributed by atoms with Crippen molar-refractivity contribution in [1.82, 2.24) is 4.90 Å². The SMILES string of the molecule is CCCS(=O)(=O)Nc1cccc(C(=O)N2CCCC(C(=O)O)C2)c1. The molecule has 7 nitrogen and oxygen atoms in total. The summed E-state index contributed by atoms with van der Waals surface area (Å²) < 4.78 is 26.1. The number of nitrogens with zero attached hydrogens (tertiary/aromatic N) is 1. The van der Waals surface area contributed by atoms with Gasteiger partial charge in [-0.1, -0.05) is 13.0 Å². The minimum Gasteiger partial charge on any atom is -0.481 e. The molecule has 0 aromatic heterocycles. The molecule has 1 amide bonds. The molecule has 2 N–H and O–H groups in total. The Bertz CT molecular complexity index is 717. The number of carboxylic acids is 1. The molecule has 1 aromatic rings. The number of anilines is 1. The smallest absolute Gasteiger partial charge is 0.308 e. The van der Waals surface area contributed by atoms with E-state index in [0.29, 0.717) is 37.1 Å². The number of rotatable bonds is 6. The van der Waals surface area contributed by atoms with Gasteiger partial charge in [-0.15, -0.1) is 0 Å². The Morgan fingerprint density at radius 3 is 2.79 bits per heavy atom. The lowest BCUT2D eigenvalue weighted by molar-refractivity contribution is -0.143. The molecule has 1 heterocycles. The summed E-state index contributed by atoms with van der Waals surface area (Å²) in [5.74, 6) is -1.71. The summed E-state index contributed by atoms with van der Waals surface area (Å²) in [7, 11) is -3.42. The van der Waals surface area contributed by atoms with Crippen LogP contribution in [-0.4, -0.2) is 49.1 Å². The summed E-state index contributed by atoms with van der Waals surface area (Å²) in [5.41, 5.74) is 0.679. The van der Waals surface area contributed by atoms with Crippen molar-refractivity contribution in [2.75, 3.05) is 23.6 Å². The van der Waals surface area contributed by atoms with Gasteiger partial charge in [-0.2, -0.15) is 0 Å². The van der Waals surface area contributed by atoms with Crippen LogP contribution in [-0.2, 0) is 14.8 Å². The van der Waals surface area contributed by atoms with Gasteiger partial charge in [-0.05, 0) is 37.5 Å². The number of nitrogens with one attached hydrogen (secondary N) is 1. The van der Waals surface area contributed by atoms with Crippen molar-refractivity contribution < 1.29 is 23.1 Å². The number of carbonyl (C=O) groups is 2. The number of benzene rings is 1. The third-order valence-electron chi connectivity index (χ3n) is 3.91. The van der Waals surface area contributed by atoms with Crippen LogP contribution in [0.1, 0.15) is 36.5 Å². The van der Waals surface area contributed by atoms with Crippen LogP contribution in [0.15, 0.2) is 24.3 Å². The summed E-state index contributed by atoms with van der Waals surface area (Å²) in [6.45, 7) is 2.46. The fourth-order valence-electron chi connectivity index (χ4n) is 2.76. The van der Waals surface area contributed by atoms with Crippen molar-refractivity contribution in [3.05, 3.63) is 29.8 Å². The minimum absolute atomic E-state index is 0.0115. The van der Waals surface area contributed by atoms with Gasteiger partial charge in [0.15, 0.2) is 0 Å². The first-order valence-electron chi connectivity index (χ1n) is 7.95. The largest absolute Gasteiger partial charge is 0.481 e. The van der Waals surface area contributed by atoms with Gasteiger partial charge in [0.1, 0.15) is 0 Å². The van der Waals surface area contributed by atoms with Crippen LogP contribution in [0, 0.1) is 5.92 Å².